The Hall–Kier alpha value is -2.29. The number of nitrogens with one attached hydrogen (secondary N) is 1. The number of carbonyl (C=O) groups is 1. The first kappa shape index (κ1) is 17.5. The molecule has 0 unspecified atom stereocenters. The average Bonchev–Trinajstić information content (AvgIpc) is 2.65. The van der Waals surface area contributed by atoms with Crippen LogP contribution >= 0.6 is 0 Å². The second kappa shape index (κ2) is 8.19. The highest BCUT2D eigenvalue weighted by Gasteiger charge is 2.28. The molecule has 3 rings (SSSR count). The van der Waals surface area contributed by atoms with Crippen LogP contribution < -0.4 is 10.1 Å². The standard InChI is InChI=1S/C22H27NO2/c1-16-8-6-13-21(17(16)2)23-22(24)19-11-7-12-20(14-19)25-15-18-9-4-3-5-10-18/h3-5,7,9-12,14,16-17,21H,6,8,13,15H2,1-2H3,(H,23,24)/t16-,17-,21-/m1/s1. The van der Waals surface area contributed by atoms with E-state index in [1.807, 2.05) is 54.6 Å². The number of hydrogen-bond acceptors (Lipinski definition) is 2. The monoisotopic (exact) mass is 337 g/mol. The number of ether oxygens (including phenoxy) is 1. The van der Waals surface area contributed by atoms with Crippen molar-refractivity contribution in [3.05, 3.63) is 65.7 Å². The first-order valence-corrected chi connectivity index (χ1v) is 9.21. The molecule has 1 fully saturated rings. The molecule has 0 saturated heterocycles. The van der Waals surface area contributed by atoms with E-state index >= 15 is 0 Å². The van der Waals surface area contributed by atoms with E-state index in [1.165, 1.54) is 12.8 Å². The van der Waals surface area contributed by atoms with Gasteiger partial charge in [-0.3, -0.25) is 4.79 Å². The molecule has 25 heavy (non-hydrogen) atoms. The Balaban J connectivity index is 1.61. The molecule has 3 heteroatoms. The van der Waals surface area contributed by atoms with Crippen molar-refractivity contribution in [2.75, 3.05) is 0 Å². The molecule has 3 nitrogen and oxygen atoms in total. The maximum atomic E-state index is 12.6. The molecular weight excluding hydrogens is 310 g/mol. The summed E-state index contributed by atoms with van der Waals surface area (Å²) >= 11 is 0. The maximum Gasteiger partial charge on any atom is 0.251 e. The molecule has 0 spiro atoms. The summed E-state index contributed by atoms with van der Waals surface area (Å²) in [6, 6.07) is 17.8. The van der Waals surface area contributed by atoms with Crippen LogP contribution in [-0.4, -0.2) is 11.9 Å². The third kappa shape index (κ3) is 4.62. The van der Waals surface area contributed by atoms with Crippen LogP contribution in [0.2, 0.25) is 0 Å². The Bertz CT molecular complexity index is 698. The lowest BCUT2D eigenvalue weighted by Crippen LogP contribution is -2.43. The molecule has 0 heterocycles. The molecule has 0 bridgehead atoms. The number of benzene rings is 2. The highest BCUT2D eigenvalue weighted by Crippen LogP contribution is 2.29. The molecule has 132 valence electrons. The molecule has 1 aliphatic carbocycles. The van der Waals surface area contributed by atoms with Crippen molar-refractivity contribution in [1.29, 1.82) is 0 Å². The van der Waals surface area contributed by atoms with E-state index < -0.39 is 0 Å². The summed E-state index contributed by atoms with van der Waals surface area (Å²) in [5.41, 5.74) is 1.78. The molecular formula is C22H27NO2. The zero-order chi connectivity index (χ0) is 17.6. The van der Waals surface area contributed by atoms with Crippen molar-refractivity contribution in [2.45, 2.75) is 45.8 Å². The fourth-order valence-electron chi connectivity index (χ4n) is 3.51. The Morgan fingerprint density at radius 2 is 1.88 bits per heavy atom. The third-order valence-corrected chi connectivity index (χ3v) is 5.37. The van der Waals surface area contributed by atoms with E-state index in [4.69, 9.17) is 4.74 Å². The lowest BCUT2D eigenvalue weighted by atomic mass is 9.78. The van der Waals surface area contributed by atoms with Gasteiger partial charge in [0.2, 0.25) is 0 Å². The Kier molecular flexibility index (Phi) is 5.75. The minimum Gasteiger partial charge on any atom is -0.489 e. The molecule has 2 aromatic carbocycles. The molecule has 1 N–H and O–H groups in total. The van der Waals surface area contributed by atoms with Crippen molar-refractivity contribution < 1.29 is 9.53 Å². The van der Waals surface area contributed by atoms with E-state index in [1.54, 1.807) is 0 Å². The normalized spacial score (nSPS) is 23.0. The van der Waals surface area contributed by atoms with Gasteiger partial charge in [0.1, 0.15) is 12.4 Å². The van der Waals surface area contributed by atoms with Crippen LogP contribution in [0.1, 0.15) is 49.0 Å². The minimum absolute atomic E-state index is 0.00360. The van der Waals surface area contributed by atoms with Gasteiger partial charge in [-0.15, -0.1) is 0 Å². The van der Waals surface area contributed by atoms with Crippen LogP contribution in [0.25, 0.3) is 0 Å². The lowest BCUT2D eigenvalue weighted by Gasteiger charge is -2.34. The molecule has 0 radical (unpaired) electrons. The zero-order valence-electron chi connectivity index (χ0n) is 15.1. The molecule has 1 aliphatic rings. The zero-order valence-corrected chi connectivity index (χ0v) is 15.1. The van der Waals surface area contributed by atoms with E-state index in [2.05, 4.69) is 19.2 Å². The summed E-state index contributed by atoms with van der Waals surface area (Å²) in [7, 11) is 0. The second-order valence-electron chi connectivity index (χ2n) is 7.15. The maximum absolute atomic E-state index is 12.6. The van der Waals surface area contributed by atoms with Gasteiger partial charge in [0.05, 0.1) is 0 Å². The number of carbonyl (C=O) groups excluding carboxylic acids is 1. The first-order valence-electron chi connectivity index (χ1n) is 9.21. The van der Waals surface area contributed by atoms with Gasteiger partial charge < -0.3 is 10.1 Å². The molecule has 0 aliphatic heterocycles. The number of amides is 1. The molecule has 3 atom stereocenters. The van der Waals surface area contributed by atoms with E-state index in [0.29, 0.717) is 24.0 Å². The van der Waals surface area contributed by atoms with Crippen molar-refractivity contribution in [2.24, 2.45) is 11.8 Å². The van der Waals surface area contributed by atoms with E-state index in [0.717, 1.165) is 17.7 Å². The summed E-state index contributed by atoms with van der Waals surface area (Å²) in [5, 5.41) is 3.22. The SMILES string of the molecule is C[C@@H]1[C@H](C)CCC[C@H]1NC(=O)c1cccc(OCc2ccccc2)c1. The fourth-order valence-corrected chi connectivity index (χ4v) is 3.51. The van der Waals surface area contributed by atoms with Crippen LogP contribution in [-0.2, 0) is 6.61 Å². The van der Waals surface area contributed by atoms with Crippen molar-refractivity contribution in [1.82, 2.24) is 5.32 Å². The van der Waals surface area contributed by atoms with Crippen LogP contribution in [0.15, 0.2) is 54.6 Å². The van der Waals surface area contributed by atoms with Crippen LogP contribution in [0, 0.1) is 11.8 Å². The number of rotatable bonds is 5. The quantitative estimate of drug-likeness (QED) is 0.849. The Morgan fingerprint density at radius 1 is 1.08 bits per heavy atom. The Morgan fingerprint density at radius 3 is 2.68 bits per heavy atom. The average molecular weight is 337 g/mol. The number of hydrogen-bond donors (Lipinski definition) is 1. The highest BCUT2D eigenvalue weighted by molar-refractivity contribution is 5.94. The summed E-state index contributed by atoms with van der Waals surface area (Å²) in [6.45, 7) is 5.03. The van der Waals surface area contributed by atoms with Gasteiger partial charge in [-0.1, -0.05) is 63.1 Å². The van der Waals surface area contributed by atoms with Gasteiger partial charge in [0.25, 0.3) is 5.91 Å². The summed E-state index contributed by atoms with van der Waals surface area (Å²) in [6.07, 6.45) is 3.52. The van der Waals surface area contributed by atoms with Crippen molar-refractivity contribution in [3.8, 4) is 5.75 Å². The minimum atomic E-state index is -0.00360. The fraction of sp³-hybridized carbons (Fsp3) is 0.409. The van der Waals surface area contributed by atoms with Crippen LogP contribution in [0.3, 0.4) is 0 Å². The molecule has 0 aromatic heterocycles. The lowest BCUT2D eigenvalue weighted by molar-refractivity contribution is 0.0890. The predicted octanol–water partition coefficient (Wildman–Crippen LogP) is 4.82. The Labute approximate surface area is 150 Å². The van der Waals surface area contributed by atoms with E-state index in [9.17, 15) is 4.79 Å². The second-order valence-corrected chi connectivity index (χ2v) is 7.15. The van der Waals surface area contributed by atoms with Gasteiger partial charge in [-0.05, 0) is 42.0 Å². The van der Waals surface area contributed by atoms with Gasteiger partial charge in [-0.25, -0.2) is 0 Å². The smallest absolute Gasteiger partial charge is 0.251 e. The van der Waals surface area contributed by atoms with Crippen LogP contribution in [0.4, 0.5) is 0 Å². The summed E-state index contributed by atoms with van der Waals surface area (Å²) in [5.74, 6) is 1.91. The van der Waals surface area contributed by atoms with Crippen LogP contribution in [0.5, 0.6) is 5.75 Å². The van der Waals surface area contributed by atoms with E-state index in [-0.39, 0.29) is 11.9 Å². The van der Waals surface area contributed by atoms with Crippen molar-refractivity contribution in [3.63, 3.8) is 0 Å². The highest BCUT2D eigenvalue weighted by atomic mass is 16.5. The third-order valence-electron chi connectivity index (χ3n) is 5.37. The molecule has 1 saturated carbocycles. The van der Waals surface area contributed by atoms with Crippen molar-refractivity contribution >= 4 is 5.91 Å². The van der Waals surface area contributed by atoms with Gasteiger partial charge in [0, 0.05) is 11.6 Å². The topological polar surface area (TPSA) is 38.3 Å². The van der Waals surface area contributed by atoms with Gasteiger partial charge in [-0.2, -0.15) is 0 Å². The summed E-state index contributed by atoms with van der Waals surface area (Å²) < 4.78 is 5.83. The molecule has 1 amide bonds. The van der Waals surface area contributed by atoms with Gasteiger partial charge >= 0.3 is 0 Å². The largest absolute Gasteiger partial charge is 0.489 e. The molecule has 2 aromatic rings. The predicted molar refractivity (Wildman–Crippen MR) is 101 cm³/mol. The first-order chi connectivity index (χ1) is 12.1. The van der Waals surface area contributed by atoms with Gasteiger partial charge in [0.15, 0.2) is 0 Å². The summed E-state index contributed by atoms with van der Waals surface area (Å²) in [4.78, 5) is 12.6.